The van der Waals surface area contributed by atoms with Crippen LogP contribution in [-0.4, -0.2) is 36.7 Å². The molecule has 0 N–H and O–H groups in total. The highest BCUT2D eigenvalue weighted by Crippen LogP contribution is 2.24. The highest BCUT2D eigenvalue weighted by atomic mass is 79.9. The summed E-state index contributed by atoms with van der Waals surface area (Å²) in [6, 6.07) is 14.8. The molecule has 0 aliphatic heterocycles. The average Bonchev–Trinajstić information content (AvgIpc) is 3.34. The van der Waals surface area contributed by atoms with Crippen LogP contribution in [0.3, 0.4) is 0 Å². The van der Waals surface area contributed by atoms with E-state index in [4.69, 9.17) is 9.47 Å². The molecule has 9 nitrogen and oxygen atoms in total. The quantitative estimate of drug-likeness (QED) is 0.442. The lowest BCUT2D eigenvalue weighted by Crippen LogP contribution is -2.23. The smallest absolute Gasteiger partial charge is 0.368 e. The van der Waals surface area contributed by atoms with Crippen LogP contribution in [0.15, 0.2) is 64.0 Å². The van der Waals surface area contributed by atoms with Crippen molar-refractivity contribution in [3.8, 4) is 23.0 Å². The van der Waals surface area contributed by atoms with Gasteiger partial charge in [-0.3, -0.25) is 0 Å². The van der Waals surface area contributed by atoms with Crippen LogP contribution in [0.5, 0.6) is 11.6 Å². The minimum absolute atomic E-state index is 0.194. The molecule has 4 rings (SSSR count). The Morgan fingerprint density at radius 3 is 2.55 bits per heavy atom. The molecule has 29 heavy (non-hydrogen) atoms. The van der Waals surface area contributed by atoms with Crippen LogP contribution in [-0.2, 0) is 13.7 Å². The number of nitrogens with zero attached hydrogens (tertiary/aromatic N) is 6. The number of hydrogen-bond donors (Lipinski definition) is 0. The number of methoxy groups -OCH3 is 1. The van der Waals surface area contributed by atoms with Crippen molar-refractivity contribution in [3.63, 3.8) is 0 Å². The number of hydrogen-bond acceptors (Lipinski definition) is 6. The third-order valence-corrected chi connectivity index (χ3v) is 5.05. The number of benzene rings is 2. The molecule has 0 aliphatic carbocycles. The van der Waals surface area contributed by atoms with Gasteiger partial charge in [0.15, 0.2) is 0 Å². The van der Waals surface area contributed by atoms with Crippen molar-refractivity contribution in [2.45, 2.75) is 6.61 Å². The standard InChI is InChI=1S/C19H17BrN6O3/c1-24-19(27)26(23-22-24)17-5-3-4-16(20)15(17)12-29-18-10-11-25(21-18)13-6-8-14(28-2)9-7-13/h3-11H,12H2,1-2H3. The monoisotopic (exact) mass is 456 g/mol. The summed E-state index contributed by atoms with van der Waals surface area (Å²) in [4.78, 5) is 12.2. The number of ether oxygens (including phenoxy) is 2. The molecule has 2 heterocycles. The van der Waals surface area contributed by atoms with E-state index in [1.165, 1.54) is 9.36 Å². The molecule has 0 radical (unpaired) electrons. The molecule has 0 amide bonds. The van der Waals surface area contributed by atoms with Gasteiger partial charge in [-0.1, -0.05) is 22.0 Å². The first-order valence-electron chi connectivity index (χ1n) is 8.66. The fourth-order valence-electron chi connectivity index (χ4n) is 2.76. The third kappa shape index (κ3) is 3.79. The predicted octanol–water partition coefficient (Wildman–Crippen LogP) is 2.50. The van der Waals surface area contributed by atoms with E-state index in [0.717, 1.165) is 21.5 Å². The Morgan fingerprint density at radius 2 is 1.86 bits per heavy atom. The maximum absolute atomic E-state index is 12.2. The third-order valence-electron chi connectivity index (χ3n) is 4.31. The number of rotatable bonds is 6. The van der Waals surface area contributed by atoms with Gasteiger partial charge >= 0.3 is 5.69 Å². The summed E-state index contributed by atoms with van der Waals surface area (Å²) in [7, 11) is 3.17. The van der Waals surface area contributed by atoms with E-state index >= 15 is 0 Å². The fourth-order valence-corrected chi connectivity index (χ4v) is 3.23. The van der Waals surface area contributed by atoms with Gasteiger partial charge in [0.05, 0.1) is 18.5 Å². The number of aromatic nitrogens is 6. The van der Waals surface area contributed by atoms with Gasteiger partial charge in [-0.05, 0) is 46.8 Å². The summed E-state index contributed by atoms with van der Waals surface area (Å²) in [6.45, 7) is 0.194. The van der Waals surface area contributed by atoms with Crippen molar-refractivity contribution < 1.29 is 9.47 Å². The first-order chi connectivity index (χ1) is 14.1. The molecular formula is C19H17BrN6O3. The summed E-state index contributed by atoms with van der Waals surface area (Å²) in [5.41, 5.74) is 1.89. The molecule has 0 saturated heterocycles. The van der Waals surface area contributed by atoms with Crippen LogP contribution < -0.4 is 15.2 Å². The molecule has 0 spiro atoms. The minimum atomic E-state index is -0.340. The van der Waals surface area contributed by atoms with E-state index in [0.29, 0.717) is 11.6 Å². The van der Waals surface area contributed by atoms with Crippen LogP contribution in [0.4, 0.5) is 0 Å². The molecule has 0 aliphatic rings. The molecule has 0 saturated carbocycles. The topological polar surface area (TPSA) is 89.0 Å². The zero-order chi connectivity index (χ0) is 20.4. The normalized spacial score (nSPS) is 10.9. The predicted molar refractivity (Wildman–Crippen MR) is 109 cm³/mol. The molecule has 0 bridgehead atoms. The largest absolute Gasteiger partial charge is 0.497 e. The summed E-state index contributed by atoms with van der Waals surface area (Å²) in [6.07, 6.45) is 1.81. The van der Waals surface area contributed by atoms with Gasteiger partial charge in [-0.2, -0.15) is 9.36 Å². The van der Waals surface area contributed by atoms with Gasteiger partial charge in [-0.15, -0.1) is 5.10 Å². The molecule has 148 valence electrons. The summed E-state index contributed by atoms with van der Waals surface area (Å²) >= 11 is 3.52. The van der Waals surface area contributed by atoms with E-state index in [2.05, 4.69) is 31.5 Å². The highest BCUT2D eigenvalue weighted by Gasteiger charge is 2.15. The SMILES string of the molecule is COc1ccc(-n2ccc(OCc3c(Br)cccc3-n3nnn(C)c3=O)n2)cc1. The van der Waals surface area contributed by atoms with Gasteiger partial charge in [0.2, 0.25) is 5.88 Å². The molecule has 0 unspecified atom stereocenters. The maximum atomic E-state index is 12.2. The molecule has 0 atom stereocenters. The van der Waals surface area contributed by atoms with Crippen LogP contribution in [0.1, 0.15) is 5.56 Å². The van der Waals surface area contributed by atoms with Crippen molar-refractivity contribution in [1.82, 2.24) is 29.6 Å². The second-order valence-electron chi connectivity index (χ2n) is 6.12. The fraction of sp³-hybridized carbons (Fsp3) is 0.158. The van der Waals surface area contributed by atoms with Gasteiger partial charge in [-0.25, -0.2) is 9.48 Å². The molecule has 0 fully saturated rings. The lowest BCUT2D eigenvalue weighted by Gasteiger charge is -2.10. The number of halogens is 1. The van der Waals surface area contributed by atoms with Gasteiger partial charge < -0.3 is 9.47 Å². The van der Waals surface area contributed by atoms with Gasteiger partial charge in [0, 0.05) is 29.3 Å². The van der Waals surface area contributed by atoms with Crippen molar-refractivity contribution >= 4 is 15.9 Å². The average molecular weight is 457 g/mol. The van der Waals surface area contributed by atoms with E-state index in [9.17, 15) is 4.79 Å². The Labute approximate surface area is 174 Å². The first kappa shape index (κ1) is 18.9. The van der Waals surface area contributed by atoms with E-state index in [1.54, 1.807) is 31.0 Å². The number of tetrazole rings is 1. The number of aryl methyl sites for hydroxylation is 1. The van der Waals surface area contributed by atoms with Gasteiger partial charge in [0.25, 0.3) is 0 Å². The van der Waals surface area contributed by atoms with E-state index in [1.807, 2.05) is 42.6 Å². The van der Waals surface area contributed by atoms with Crippen molar-refractivity contribution in [2.75, 3.05) is 7.11 Å². The molecular weight excluding hydrogens is 440 g/mol. The lowest BCUT2D eigenvalue weighted by molar-refractivity contribution is 0.290. The molecule has 4 aromatic rings. The summed E-state index contributed by atoms with van der Waals surface area (Å²) in [5.74, 6) is 1.23. The Morgan fingerprint density at radius 1 is 1.07 bits per heavy atom. The first-order valence-corrected chi connectivity index (χ1v) is 9.46. The van der Waals surface area contributed by atoms with Crippen molar-refractivity contribution in [2.24, 2.45) is 7.05 Å². The summed E-state index contributed by atoms with van der Waals surface area (Å²) in [5, 5.41) is 12.1. The second kappa shape index (κ2) is 7.92. The van der Waals surface area contributed by atoms with Crippen LogP contribution >= 0.6 is 15.9 Å². The highest BCUT2D eigenvalue weighted by molar-refractivity contribution is 9.10. The Balaban J connectivity index is 1.56. The maximum Gasteiger partial charge on any atom is 0.368 e. The molecule has 10 heteroatoms. The van der Waals surface area contributed by atoms with Gasteiger partial charge in [0.1, 0.15) is 12.4 Å². The Hall–Kier alpha value is -3.40. The van der Waals surface area contributed by atoms with Crippen molar-refractivity contribution in [3.05, 3.63) is 75.2 Å². The minimum Gasteiger partial charge on any atom is -0.497 e. The zero-order valence-corrected chi connectivity index (χ0v) is 17.3. The van der Waals surface area contributed by atoms with Crippen LogP contribution in [0, 0.1) is 0 Å². The summed E-state index contributed by atoms with van der Waals surface area (Å²) < 4.78 is 16.0. The Kier molecular flexibility index (Phi) is 5.17. The van der Waals surface area contributed by atoms with Crippen molar-refractivity contribution in [1.29, 1.82) is 0 Å². The molecule has 2 aromatic carbocycles. The van der Waals surface area contributed by atoms with E-state index in [-0.39, 0.29) is 12.3 Å². The Bertz CT molecular complexity index is 1200. The lowest BCUT2D eigenvalue weighted by atomic mass is 10.2. The zero-order valence-electron chi connectivity index (χ0n) is 15.7. The molecule has 2 aromatic heterocycles. The van der Waals surface area contributed by atoms with Crippen LogP contribution in [0.25, 0.3) is 11.4 Å². The van der Waals surface area contributed by atoms with E-state index < -0.39 is 0 Å². The van der Waals surface area contributed by atoms with Crippen LogP contribution in [0.2, 0.25) is 0 Å². The second-order valence-corrected chi connectivity index (χ2v) is 6.97.